The Labute approximate surface area is 123 Å². The van der Waals surface area contributed by atoms with Crippen LogP contribution in [0, 0.1) is 0 Å². The van der Waals surface area contributed by atoms with Gasteiger partial charge in [0.05, 0.1) is 24.9 Å². The summed E-state index contributed by atoms with van der Waals surface area (Å²) >= 11 is 1.61. The Morgan fingerprint density at radius 3 is 3.00 bits per heavy atom. The van der Waals surface area contributed by atoms with Crippen molar-refractivity contribution >= 4 is 23.1 Å². The minimum Gasteiger partial charge on any atom is -0.379 e. The molecule has 5 nitrogen and oxygen atoms in total. The van der Waals surface area contributed by atoms with Gasteiger partial charge in [-0.3, -0.25) is 9.89 Å². The largest absolute Gasteiger partial charge is 0.379 e. The molecule has 0 saturated carbocycles. The molecule has 20 heavy (non-hydrogen) atoms. The minimum atomic E-state index is 0.288. The van der Waals surface area contributed by atoms with Gasteiger partial charge in [0.1, 0.15) is 5.01 Å². The number of nitrogens with zero attached hydrogens (tertiary/aromatic N) is 3. The molecular formula is C14H20N4OS. The van der Waals surface area contributed by atoms with E-state index in [0.717, 1.165) is 55.5 Å². The molecule has 1 fully saturated rings. The summed E-state index contributed by atoms with van der Waals surface area (Å²) in [7, 11) is 0. The lowest BCUT2D eigenvalue weighted by atomic mass is 10.1. The van der Waals surface area contributed by atoms with Crippen molar-refractivity contribution in [1.82, 2.24) is 9.88 Å². The number of thiazole rings is 1. The van der Waals surface area contributed by atoms with Crippen molar-refractivity contribution in [3.8, 4) is 0 Å². The summed E-state index contributed by atoms with van der Waals surface area (Å²) in [6, 6.07) is 0.288. The molecular weight excluding hydrogens is 272 g/mol. The maximum atomic E-state index is 5.60. The van der Waals surface area contributed by atoms with Gasteiger partial charge in [0.25, 0.3) is 0 Å². The highest BCUT2D eigenvalue weighted by atomic mass is 32.1. The molecule has 2 N–H and O–H groups in total. The van der Waals surface area contributed by atoms with Crippen molar-refractivity contribution in [2.45, 2.75) is 19.0 Å². The Morgan fingerprint density at radius 1 is 1.40 bits per heavy atom. The van der Waals surface area contributed by atoms with Gasteiger partial charge in [-0.05, 0) is 12.5 Å². The molecule has 6 heteroatoms. The standard InChI is InChI=1S/C14H20N4OS/c15-8-14-17-13(10-20-14)11-7-12(16-9-11)1-2-18-3-5-19-6-4-18/h7,9-10,12H,1-6,8,15H2. The number of hydrogen-bond acceptors (Lipinski definition) is 6. The highest BCUT2D eigenvalue weighted by molar-refractivity contribution is 7.09. The van der Waals surface area contributed by atoms with E-state index in [4.69, 9.17) is 10.5 Å². The fourth-order valence-electron chi connectivity index (χ4n) is 2.46. The third-order valence-electron chi connectivity index (χ3n) is 3.64. The van der Waals surface area contributed by atoms with E-state index in [1.807, 2.05) is 6.21 Å². The molecule has 0 bridgehead atoms. The van der Waals surface area contributed by atoms with E-state index in [2.05, 4.69) is 26.3 Å². The van der Waals surface area contributed by atoms with Gasteiger partial charge in [-0.2, -0.15) is 0 Å². The molecule has 1 saturated heterocycles. The van der Waals surface area contributed by atoms with E-state index >= 15 is 0 Å². The quantitative estimate of drug-likeness (QED) is 0.884. The molecule has 1 aromatic heterocycles. The molecule has 2 aliphatic rings. The molecule has 108 valence electrons. The average Bonchev–Trinajstić information content (AvgIpc) is 3.15. The second-order valence-corrected chi connectivity index (χ2v) is 5.98. The number of aromatic nitrogens is 1. The zero-order valence-corrected chi connectivity index (χ0v) is 12.3. The molecule has 0 aliphatic carbocycles. The fraction of sp³-hybridized carbons (Fsp3) is 0.571. The summed E-state index contributed by atoms with van der Waals surface area (Å²) in [6.07, 6.45) is 5.23. The Hall–Kier alpha value is -1.08. The number of rotatable bonds is 5. The Kier molecular flexibility index (Phi) is 4.57. The van der Waals surface area contributed by atoms with Crippen LogP contribution >= 0.6 is 11.3 Å². The lowest BCUT2D eigenvalue weighted by Crippen LogP contribution is -2.37. The third kappa shape index (κ3) is 3.32. The monoisotopic (exact) mass is 292 g/mol. The van der Waals surface area contributed by atoms with Gasteiger partial charge < -0.3 is 10.5 Å². The van der Waals surface area contributed by atoms with Crippen molar-refractivity contribution in [3.05, 3.63) is 22.2 Å². The highest BCUT2D eigenvalue weighted by Gasteiger charge is 2.16. The molecule has 0 amide bonds. The molecule has 0 radical (unpaired) electrons. The van der Waals surface area contributed by atoms with Crippen LogP contribution in [-0.2, 0) is 11.3 Å². The van der Waals surface area contributed by atoms with E-state index < -0.39 is 0 Å². The van der Waals surface area contributed by atoms with Gasteiger partial charge in [-0.1, -0.05) is 0 Å². The summed E-state index contributed by atoms with van der Waals surface area (Å²) in [6.45, 7) is 5.39. The molecule has 0 spiro atoms. The second-order valence-electron chi connectivity index (χ2n) is 5.04. The minimum absolute atomic E-state index is 0.288. The summed E-state index contributed by atoms with van der Waals surface area (Å²) in [5.74, 6) is 0. The molecule has 1 aromatic rings. The van der Waals surface area contributed by atoms with E-state index in [1.165, 1.54) is 0 Å². The molecule has 2 aliphatic heterocycles. The number of ether oxygens (including phenoxy) is 1. The molecule has 3 heterocycles. The zero-order chi connectivity index (χ0) is 13.8. The van der Waals surface area contributed by atoms with E-state index in [0.29, 0.717) is 6.54 Å². The smallest absolute Gasteiger partial charge is 0.107 e. The van der Waals surface area contributed by atoms with Crippen molar-refractivity contribution < 1.29 is 4.74 Å². The first kappa shape index (κ1) is 13.9. The van der Waals surface area contributed by atoms with Gasteiger partial charge in [0.2, 0.25) is 0 Å². The average molecular weight is 292 g/mol. The van der Waals surface area contributed by atoms with Crippen LogP contribution in [0.1, 0.15) is 17.1 Å². The van der Waals surface area contributed by atoms with Gasteiger partial charge in [-0.15, -0.1) is 11.3 Å². The first-order valence-corrected chi connectivity index (χ1v) is 7.93. The number of morpholine rings is 1. The highest BCUT2D eigenvalue weighted by Crippen LogP contribution is 2.22. The van der Waals surface area contributed by atoms with Gasteiger partial charge in [0, 0.05) is 43.3 Å². The number of nitrogens with two attached hydrogens (primary N) is 1. The summed E-state index contributed by atoms with van der Waals surface area (Å²) in [5, 5.41) is 3.04. The second kappa shape index (κ2) is 6.58. The van der Waals surface area contributed by atoms with Crippen molar-refractivity contribution in [1.29, 1.82) is 0 Å². The predicted molar refractivity (Wildman–Crippen MR) is 82.1 cm³/mol. The SMILES string of the molecule is NCc1nc(C2=CC(CCN3CCOCC3)N=C2)cs1. The van der Waals surface area contributed by atoms with Crippen LogP contribution in [-0.4, -0.2) is 55.0 Å². The summed E-state index contributed by atoms with van der Waals surface area (Å²) < 4.78 is 5.36. The predicted octanol–water partition coefficient (Wildman–Crippen LogP) is 1.16. The van der Waals surface area contributed by atoms with Gasteiger partial charge in [0.15, 0.2) is 0 Å². The van der Waals surface area contributed by atoms with Crippen LogP contribution in [0.3, 0.4) is 0 Å². The number of allylic oxidation sites excluding steroid dienone is 1. The number of aliphatic imine (C=N–C) groups is 1. The van der Waals surface area contributed by atoms with E-state index in [-0.39, 0.29) is 6.04 Å². The van der Waals surface area contributed by atoms with E-state index in [9.17, 15) is 0 Å². The molecule has 0 aromatic carbocycles. The summed E-state index contributed by atoms with van der Waals surface area (Å²) in [4.78, 5) is 11.5. The Balaban J connectivity index is 1.53. The fourth-order valence-corrected chi connectivity index (χ4v) is 3.14. The molecule has 1 unspecified atom stereocenters. The van der Waals surface area contributed by atoms with Crippen LogP contribution in [0.4, 0.5) is 0 Å². The lowest BCUT2D eigenvalue weighted by Gasteiger charge is -2.26. The van der Waals surface area contributed by atoms with Crippen LogP contribution in [0.2, 0.25) is 0 Å². The Morgan fingerprint density at radius 2 is 2.25 bits per heavy atom. The molecule has 3 rings (SSSR count). The first-order valence-electron chi connectivity index (χ1n) is 7.05. The van der Waals surface area contributed by atoms with Crippen molar-refractivity contribution in [2.75, 3.05) is 32.8 Å². The molecule has 1 atom stereocenters. The first-order chi connectivity index (χ1) is 9.85. The van der Waals surface area contributed by atoms with Crippen LogP contribution in [0.5, 0.6) is 0 Å². The normalized spacial score (nSPS) is 23.2. The maximum Gasteiger partial charge on any atom is 0.107 e. The number of hydrogen-bond donors (Lipinski definition) is 1. The lowest BCUT2D eigenvalue weighted by molar-refractivity contribution is 0.0371. The van der Waals surface area contributed by atoms with Crippen molar-refractivity contribution in [2.24, 2.45) is 10.7 Å². The van der Waals surface area contributed by atoms with Crippen LogP contribution in [0.15, 0.2) is 16.4 Å². The van der Waals surface area contributed by atoms with Crippen LogP contribution in [0.25, 0.3) is 5.57 Å². The van der Waals surface area contributed by atoms with E-state index in [1.54, 1.807) is 11.3 Å². The summed E-state index contributed by atoms with van der Waals surface area (Å²) in [5.41, 5.74) is 7.74. The maximum absolute atomic E-state index is 5.60. The van der Waals surface area contributed by atoms with Crippen molar-refractivity contribution in [3.63, 3.8) is 0 Å². The topological polar surface area (TPSA) is 63.7 Å². The van der Waals surface area contributed by atoms with Crippen LogP contribution < -0.4 is 5.73 Å². The van der Waals surface area contributed by atoms with Gasteiger partial charge >= 0.3 is 0 Å². The van der Waals surface area contributed by atoms with Gasteiger partial charge in [-0.25, -0.2) is 4.98 Å². The third-order valence-corrected chi connectivity index (χ3v) is 4.52. The Bertz CT molecular complexity index is 505. The zero-order valence-electron chi connectivity index (χ0n) is 11.5.